The summed E-state index contributed by atoms with van der Waals surface area (Å²) in [6.07, 6.45) is 8.03. The van der Waals surface area contributed by atoms with Crippen LogP contribution in [-0.2, 0) is 11.3 Å². The molecule has 3 rings (SSSR count). The lowest BCUT2D eigenvalue weighted by Crippen LogP contribution is -2.23. The topological polar surface area (TPSA) is 67.2 Å². The monoisotopic (exact) mass is 409 g/mol. The summed E-state index contributed by atoms with van der Waals surface area (Å²) in [5, 5.41) is 17.2. The van der Waals surface area contributed by atoms with E-state index in [2.05, 4.69) is 10.4 Å². The molecule has 0 radical (unpaired) electrons. The molecule has 1 aromatic carbocycles. The van der Waals surface area contributed by atoms with E-state index in [-0.39, 0.29) is 18.4 Å². The van der Waals surface area contributed by atoms with Crippen LogP contribution in [0.3, 0.4) is 0 Å². The van der Waals surface area contributed by atoms with Crippen molar-refractivity contribution in [3.8, 4) is 0 Å². The van der Waals surface area contributed by atoms with Gasteiger partial charge in [-0.25, -0.2) is 0 Å². The zero-order valence-corrected chi connectivity index (χ0v) is 16.7. The molecule has 0 unspecified atom stereocenters. The van der Waals surface area contributed by atoms with Crippen LogP contribution in [0.2, 0.25) is 10.0 Å². The molecule has 5 nitrogen and oxygen atoms in total. The average Bonchev–Trinajstić information content (AvgIpc) is 3.32. The van der Waals surface area contributed by atoms with Gasteiger partial charge in [-0.1, -0.05) is 55.0 Å². The number of aromatic nitrogens is 2. The van der Waals surface area contributed by atoms with Crippen molar-refractivity contribution >= 4 is 34.9 Å². The van der Waals surface area contributed by atoms with Crippen LogP contribution in [0.15, 0.2) is 30.5 Å². The van der Waals surface area contributed by atoms with Crippen LogP contribution >= 0.6 is 23.2 Å². The summed E-state index contributed by atoms with van der Waals surface area (Å²) in [6, 6.07) is 7.20. The number of aliphatic hydroxyl groups is 1. The van der Waals surface area contributed by atoms with Gasteiger partial charge in [0.25, 0.3) is 0 Å². The molecule has 1 saturated carbocycles. The van der Waals surface area contributed by atoms with E-state index in [1.807, 2.05) is 6.07 Å². The number of carbonyl (C=O) groups is 1. The normalized spacial score (nSPS) is 15.8. The van der Waals surface area contributed by atoms with E-state index in [0.717, 1.165) is 12.0 Å². The summed E-state index contributed by atoms with van der Waals surface area (Å²) in [5.74, 6) is 0.713. The first-order chi connectivity index (χ1) is 13.1. The Morgan fingerprint density at radius 3 is 2.74 bits per heavy atom. The number of halogens is 2. The molecular weight excluding hydrogens is 385 g/mol. The van der Waals surface area contributed by atoms with Gasteiger partial charge < -0.3 is 10.4 Å². The van der Waals surface area contributed by atoms with E-state index in [9.17, 15) is 4.79 Å². The zero-order valence-electron chi connectivity index (χ0n) is 15.2. The lowest BCUT2D eigenvalue weighted by atomic mass is 9.87. The number of anilines is 1. The Labute approximate surface area is 169 Å². The van der Waals surface area contributed by atoms with Gasteiger partial charge >= 0.3 is 0 Å². The van der Waals surface area contributed by atoms with Gasteiger partial charge in [-0.05, 0) is 36.5 Å². The minimum absolute atomic E-state index is 0.0762. The van der Waals surface area contributed by atoms with Crippen molar-refractivity contribution in [1.82, 2.24) is 9.78 Å². The first-order valence-electron chi connectivity index (χ1n) is 9.47. The van der Waals surface area contributed by atoms with E-state index >= 15 is 0 Å². The predicted octanol–water partition coefficient (Wildman–Crippen LogP) is 4.87. The average molecular weight is 410 g/mol. The molecular formula is C20H25Cl2N3O2. The van der Waals surface area contributed by atoms with Crippen molar-refractivity contribution in [2.45, 2.75) is 51.0 Å². The Morgan fingerprint density at radius 2 is 2.04 bits per heavy atom. The quantitative estimate of drug-likeness (QED) is 0.652. The van der Waals surface area contributed by atoms with Crippen molar-refractivity contribution in [2.24, 2.45) is 5.92 Å². The van der Waals surface area contributed by atoms with E-state index in [1.165, 1.54) is 25.7 Å². The number of carbonyl (C=O) groups excluding carboxylic acids is 1. The van der Waals surface area contributed by atoms with Crippen LogP contribution in [0.5, 0.6) is 0 Å². The number of hydrogen-bond acceptors (Lipinski definition) is 3. The van der Waals surface area contributed by atoms with E-state index < -0.39 is 0 Å². The Hall–Kier alpha value is -1.56. The molecule has 1 atom stereocenters. The fourth-order valence-corrected chi connectivity index (χ4v) is 4.01. The molecule has 1 fully saturated rings. The fraction of sp³-hybridized carbons (Fsp3) is 0.500. The van der Waals surface area contributed by atoms with Crippen molar-refractivity contribution in [1.29, 1.82) is 0 Å². The van der Waals surface area contributed by atoms with E-state index in [4.69, 9.17) is 28.3 Å². The molecule has 27 heavy (non-hydrogen) atoms. The summed E-state index contributed by atoms with van der Waals surface area (Å²) < 4.78 is 1.72. The number of amides is 1. The second-order valence-corrected chi connectivity index (χ2v) is 7.96. The van der Waals surface area contributed by atoms with Gasteiger partial charge in [0, 0.05) is 25.4 Å². The molecule has 1 amide bonds. The Kier molecular flexibility index (Phi) is 7.16. The van der Waals surface area contributed by atoms with Crippen LogP contribution in [-0.4, -0.2) is 27.4 Å². The highest BCUT2D eigenvalue weighted by molar-refractivity contribution is 6.42. The van der Waals surface area contributed by atoms with Gasteiger partial charge in [-0.2, -0.15) is 5.10 Å². The number of nitrogens with one attached hydrogen (secondary N) is 1. The molecule has 146 valence electrons. The minimum Gasteiger partial charge on any atom is -0.396 e. The Bertz CT molecular complexity index is 772. The zero-order chi connectivity index (χ0) is 19.2. The highest BCUT2D eigenvalue weighted by atomic mass is 35.5. The van der Waals surface area contributed by atoms with Crippen LogP contribution < -0.4 is 5.32 Å². The summed E-state index contributed by atoms with van der Waals surface area (Å²) in [4.78, 5) is 13.0. The third-order valence-electron chi connectivity index (χ3n) is 5.14. The maximum atomic E-state index is 13.0. The largest absolute Gasteiger partial charge is 0.396 e. The molecule has 0 saturated heterocycles. The molecule has 7 heteroatoms. The molecule has 1 aromatic heterocycles. The lowest BCUT2D eigenvalue weighted by Gasteiger charge is -2.20. The number of aryl methyl sites for hydroxylation is 1. The third kappa shape index (κ3) is 5.47. The van der Waals surface area contributed by atoms with E-state index in [0.29, 0.717) is 34.7 Å². The highest BCUT2D eigenvalue weighted by Gasteiger charge is 2.27. The van der Waals surface area contributed by atoms with Crippen LogP contribution in [0.25, 0.3) is 0 Å². The molecule has 0 bridgehead atoms. The number of benzene rings is 1. The standard InChI is InChI=1S/C20H25Cl2N3O2/c21-17-7-6-15(13-18(17)22)16(12-14-4-1-2-5-14)20(27)23-19-8-10-25(24-19)9-3-11-26/h6-8,10,13-14,16,26H,1-5,9,11-12H2,(H,23,24,27)/t16-/m1/s1. The fourth-order valence-electron chi connectivity index (χ4n) is 3.70. The number of nitrogens with zero attached hydrogens (tertiary/aromatic N) is 2. The van der Waals surface area contributed by atoms with Gasteiger partial charge in [-0.15, -0.1) is 0 Å². The molecule has 1 aliphatic carbocycles. The van der Waals surface area contributed by atoms with Crippen LogP contribution in [0.1, 0.15) is 50.0 Å². The van der Waals surface area contributed by atoms with Gasteiger partial charge in [0.2, 0.25) is 5.91 Å². The molecule has 0 aliphatic heterocycles. The van der Waals surface area contributed by atoms with Gasteiger partial charge in [0.05, 0.1) is 16.0 Å². The second kappa shape index (κ2) is 9.58. The maximum Gasteiger partial charge on any atom is 0.233 e. The number of aliphatic hydroxyl groups excluding tert-OH is 1. The summed E-state index contributed by atoms with van der Waals surface area (Å²) >= 11 is 12.2. The van der Waals surface area contributed by atoms with Gasteiger partial charge in [0.15, 0.2) is 5.82 Å². The summed E-state index contributed by atoms with van der Waals surface area (Å²) in [6.45, 7) is 0.729. The minimum atomic E-state index is -0.287. The predicted molar refractivity (Wildman–Crippen MR) is 108 cm³/mol. The maximum absolute atomic E-state index is 13.0. The molecule has 1 aliphatic rings. The SMILES string of the molecule is O=C(Nc1ccn(CCCO)n1)[C@H](CC1CCCC1)c1ccc(Cl)c(Cl)c1. The third-order valence-corrected chi connectivity index (χ3v) is 5.88. The van der Waals surface area contributed by atoms with Crippen molar-refractivity contribution in [3.05, 3.63) is 46.1 Å². The smallest absolute Gasteiger partial charge is 0.233 e. The number of hydrogen-bond donors (Lipinski definition) is 2. The van der Waals surface area contributed by atoms with Gasteiger partial charge in [0.1, 0.15) is 0 Å². The summed E-state index contributed by atoms with van der Waals surface area (Å²) in [5.41, 5.74) is 0.883. The first kappa shape index (κ1) is 20.2. The summed E-state index contributed by atoms with van der Waals surface area (Å²) in [7, 11) is 0. The van der Waals surface area contributed by atoms with Crippen molar-refractivity contribution in [2.75, 3.05) is 11.9 Å². The van der Waals surface area contributed by atoms with Crippen molar-refractivity contribution < 1.29 is 9.90 Å². The molecule has 0 spiro atoms. The highest BCUT2D eigenvalue weighted by Crippen LogP contribution is 2.36. The Balaban J connectivity index is 1.75. The van der Waals surface area contributed by atoms with E-state index in [1.54, 1.807) is 29.1 Å². The number of rotatable bonds is 8. The van der Waals surface area contributed by atoms with Crippen molar-refractivity contribution in [3.63, 3.8) is 0 Å². The first-order valence-corrected chi connectivity index (χ1v) is 10.2. The Morgan fingerprint density at radius 1 is 1.26 bits per heavy atom. The second-order valence-electron chi connectivity index (χ2n) is 7.14. The molecule has 2 aromatic rings. The van der Waals surface area contributed by atoms with Crippen LogP contribution in [0.4, 0.5) is 5.82 Å². The van der Waals surface area contributed by atoms with Gasteiger partial charge in [-0.3, -0.25) is 9.48 Å². The molecule has 2 N–H and O–H groups in total. The lowest BCUT2D eigenvalue weighted by molar-refractivity contribution is -0.118. The van der Waals surface area contributed by atoms with Crippen LogP contribution in [0, 0.1) is 5.92 Å². The molecule has 1 heterocycles.